The van der Waals surface area contributed by atoms with Crippen molar-refractivity contribution < 1.29 is 73.2 Å². The second-order valence-corrected chi connectivity index (χ2v) is 16.1. The first kappa shape index (κ1) is 58.1. The number of carboxylic acid groups (broad SMARTS) is 3. The minimum Gasteiger partial charge on any atom is -0.481 e. The average Bonchev–Trinajstić information content (AvgIpc) is 3.21. The predicted molar refractivity (Wildman–Crippen MR) is 228 cm³/mol. The van der Waals surface area contributed by atoms with Crippen molar-refractivity contribution in [2.45, 2.75) is 149 Å². The molecule has 10 atom stereocenters. The number of hydrogen-bond acceptors (Lipinski definition) is 13. The van der Waals surface area contributed by atoms with E-state index in [1.54, 1.807) is 27.7 Å². The highest BCUT2D eigenvalue weighted by molar-refractivity contribution is 5.97. The summed E-state index contributed by atoms with van der Waals surface area (Å²) in [4.78, 5) is 138. The average molecular weight is 916 g/mol. The van der Waals surface area contributed by atoms with Crippen LogP contribution in [0, 0.1) is 17.8 Å². The van der Waals surface area contributed by atoms with Gasteiger partial charge < -0.3 is 68.3 Å². The summed E-state index contributed by atoms with van der Waals surface area (Å²) < 4.78 is 0. The molecule has 0 unspecified atom stereocenters. The first-order valence-electron chi connectivity index (χ1n) is 21.2. The normalized spacial score (nSPS) is 15.7. The molecule has 0 bridgehead atoms. The molecule has 8 amide bonds. The lowest BCUT2D eigenvalue weighted by molar-refractivity contribution is -0.144. The Balaban J connectivity index is 5.59. The van der Waals surface area contributed by atoms with Gasteiger partial charge in [-0.25, -0.2) is 4.79 Å². The Hall–Kier alpha value is -5.91. The van der Waals surface area contributed by atoms with Crippen LogP contribution in [0.5, 0.6) is 0 Å². The van der Waals surface area contributed by atoms with Gasteiger partial charge in [-0.3, -0.25) is 47.9 Å². The number of carbonyl (C=O) groups excluding carboxylic acids is 8. The molecule has 24 heteroatoms. The van der Waals surface area contributed by atoms with Crippen LogP contribution < -0.4 is 47.9 Å². The number of carbonyl (C=O) groups is 11. The lowest BCUT2D eigenvalue weighted by atomic mass is 9.97. The second-order valence-electron chi connectivity index (χ2n) is 16.1. The van der Waals surface area contributed by atoms with Crippen LogP contribution in [0.15, 0.2) is 0 Å². The fourth-order valence-electron chi connectivity index (χ4n) is 5.91. The zero-order valence-electron chi connectivity index (χ0n) is 38.0. The van der Waals surface area contributed by atoms with Gasteiger partial charge in [-0.1, -0.05) is 54.4 Å². The Kier molecular flexibility index (Phi) is 26.7. The van der Waals surface area contributed by atoms with E-state index in [0.29, 0.717) is 12.8 Å². The smallest absolute Gasteiger partial charge is 0.326 e. The monoisotopic (exact) mass is 915 g/mol. The van der Waals surface area contributed by atoms with Crippen LogP contribution in [-0.4, -0.2) is 154 Å². The number of aliphatic hydroxyl groups excluding tert-OH is 1. The maximum absolute atomic E-state index is 13.4. The van der Waals surface area contributed by atoms with E-state index in [0.717, 1.165) is 6.92 Å². The maximum atomic E-state index is 13.4. The van der Waals surface area contributed by atoms with Gasteiger partial charge in [-0.05, 0) is 57.9 Å². The van der Waals surface area contributed by atoms with Gasteiger partial charge in [0, 0.05) is 12.8 Å². The number of aliphatic carboxylic acids is 3. The van der Waals surface area contributed by atoms with Gasteiger partial charge in [-0.15, -0.1) is 0 Å². The summed E-state index contributed by atoms with van der Waals surface area (Å²) in [5.74, 6) is -11.6. The Morgan fingerprint density at radius 3 is 1.33 bits per heavy atom. The van der Waals surface area contributed by atoms with E-state index in [1.807, 2.05) is 13.8 Å². The molecule has 0 aromatic carbocycles. The van der Waals surface area contributed by atoms with Crippen molar-refractivity contribution in [3.05, 3.63) is 0 Å². The van der Waals surface area contributed by atoms with Crippen molar-refractivity contribution in [2.24, 2.45) is 17.8 Å². The maximum Gasteiger partial charge on any atom is 0.326 e. The van der Waals surface area contributed by atoms with Crippen LogP contribution in [0.2, 0.25) is 0 Å². The molecular weight excluding hydrogens is 846 g/mol. The molecule has 0 aliphatic heterocycles. The Morgan fingerprint density at radius 1 is 0.484 bits per heavy atom. The molecule has 0 heterocycles. The minimum absolute atomic E-state index is 0.0259. The largest absolute Gasteiger partial charge is 0.481 e. The summed E-state index contributed by atoms with van der Waals surface area (Å²) in [6.07, 6.45) is -2.00. The summed E-state index contributed by atoms with van der Waals surface area (Å²) in [7, 11) is 1.47. The van der Waals surface area contributed by atoms with Crippen LogP contribution in [0.3, 0.4) is 0 Å². The highest BCUT2D eigenvalue weighted by atomic mass is 16.4. The number of hydrogen-bond donors (Lipinski definition) is 13. The molecule has 0 aliphatic rings. The molecule has 0 saturated carbocycles. The molecule has 0 aliphatic carbocycles. The molecule has 13 N–H and O–H groups in total. The van der Waals surface area contributed by atoms with E-state index in [1.165, 1.54) is 14.0 Å². The number of likely N-dealkylation sites (N-methyl/N-ethyl adjacent to an activating group) is 1. The van der Waals surface area contributed by atoms with Crippen molar-refractivity contribution in [3.8, 4) is 0 Å². The molecular formula is C40H69N9O15. The van der Waals surface area contributed by atoms with Gasteiger partial charge in [0.15, 0.2) is 0 Å². The number of carboxylic acids is 3. The molecule has 364 valence electrons. The standard InChI is InChI=1S/C40H69N9O15/c1-10-20(5)31(47-27(51)17-42-34(57)22(7)44-36(59)26(16-19(3)4)46-35(58)24(41-9)12-14-29(53)54)37(60)43-18-28(52)48-32(21(6)11-2)38(61)49-33(23(8)50)39(62)45-25(40(63)64)13-15-30(55)56/h19-26,31-33,41,50H,10-18H2,1-9H3,(H,42,57)(H,43,60)(H,44,59)(H,45,62)(H,46,58)(H,47,51)(H,48,52)(H,49,61)(H,53,54)(H,55,56)(H,63,64)/t20-,21-,22-,23+,24-,25-,26-,31-,32-,33-/m0/s1. The zero-order valence-corrected chi connectivity index (χ0v) is 38.0. The van der Waals surface area contributed by atoms with Gasteiger partial charge in [0.2, 0.25) is 47.3 Å². The Morgan fingerprint density at radius 2 is 0.906 bits per heavy atom. The topological polar surface area (TPSA) is 377 Å². The molecule has 0 rings (SSSR count). The second kappa shape index (κ2) is 29.5. The summed E-state index contributed by atoms with van der Waals surface area (Å²) in [5, 5.41) is 59.5. The van der Waals surface area contributed by atoms with Gasteiger partial charge in [0.25, 0.3) is 0 Å². The van der Waals surface area contributed by atoms with E-state index in [-0.39, 0.29) is 25.2 Å². The highest BCUT2D eigenvalue weighted by Gasteiger charge is 2.35. The van der Waals surface area contributed by atoms with Gasteiger partial charge in [-0.2, -0.15) is 0 Å². The molecule has 24 nitrogen and oxygen atoms in total. The van der Waals surface area contributed by atoms with Crippen LogP contribution in [0.4, 0.5) is 0 Å². The summed E-state index contributed by atoms with van der Waals surface area (Å²) in [6, 6.07) is -8.99. The number of nitrogens with one attached hydrogen (secondary N) is 9. The molecule has 0 fully saturated rings. The summed E-state index contributed by atoms with van der Waals surface area (Å²) in [5.41, 5.74) is 0. The van der Waals surface area contributed by atoms with E-state index in [9.17, 15) is 63.0 Å². The van der Waals surface area contributed by atoms with Crippen LogP contribution in [-0.2, 0) is 52.7 Å². The highest BCUT2D eigenvalue weighted by Crippen LogP contribution is 2.11. The molecule has 0 aromatic heterocycles. The van der Waals surface area contributed by atoms with Crippen molar-refractivity contribution in [1.82, 2.24) is 47.9 Å². The van der Waals surface area contributed by atoms with Crippen LogP contribution in [0.25, 0.3) is 0 Å². The third kappa shape index (κ3) is 21.9. The molecule has 0 aromatic rings. The van der Waals surface area contributed by atoms with Crippen molar-refractivity contribution in [1.29, 1.82) is 0 Å². The molecule has 0 saturated heterocycles. The summed E-state index contributed by atoms with van der Waals surface area (Å²) >= 11 is 0. The number of aliphatic hydroxyl groups is 1. The van der Waals surface area contributed by atoms with Crippen molar-refractivity contribution in [2.75, 3.05) is 20.1 Å². The van der Waals surface area contributed by atoms with Gasteiger partial charge in [0.05, 0.1) is 25.2 Å². The SMILES string of the molecule is CC[C@H](C)[C@H](NC(=O)CNC(=O)[C@H](C)NC(=O)[C@H](CC(C)C)NC(=O)[C@H](CCC(=O)O)NC)C(=O)NCC(=O)N[C@H](C(=O)N[C@H](C(=O)N[C@@H](CCC(=O)O)C(=O)O)[C@@H](C)O)[C@@H](C)CC. The van der Waals surface area contributed by atoms with Crippen molar-refractivity contribution >= 4 is 65.2 Å². The van der Waals surface area contributed by atoms with Gasteiger partial charge >= 0.3 is 17.9 Å². The first-order valence-corrected chi connectivity index (χ1v) is 21.2. The third-order valence-corrected chi connectivity index (χ3v) is 10.2. The van der Waals surface area contributed by atoms with Gasteiger partial charge in [0.1, 0.15) is 36.3 Å². The number of amides is 8. The Labute approximate surface area is 372 Å². The Bertz CT molecular complexity index is 1640. The van der Waals surface area contributed by atoms with E-state index in [4.69, 9.17) is 10.2 Å². The molecule has 0 spiro atoms. The summed E-state index contributed by atoms with van der Waals surface area (Å²) in [6.45, 7) is 11.6. The van der Waals surface area contributed by atoms with Crippen molar-refractivity contribution in [3.63, 3.8) is 0 Å². The minimum atomic E-state index is -1.70. The zero-order chi connectivity index (χ0) is 49.4. The molecule has 0 radical (unpaired) electrons. The third-order valence-electron chi connectivity index (χ3n) is 10.2. The quantitative estimate of drug-likeness (QED) is 0.0331. The fraction of sp³-hybridized carbons (Fsp3) is 0.725. The lowest BCUT2D eigenvalue weighted by Gasteiger charge is -2.28. The van der Waals surface area contributed by atoms with E-state index in [2.05, 4.69) is 47.9 Å². The number of rotatable bonds is 31. The van der Waals surface area contributed by atoms with E-state index < -0.39 is 151 Å². The molecule has 64 heavy (non-hydrogen) atoms. The van der Waals surface area contributed by atoms with E-state index >= 15 is 0 Å². The van der Waals surface area contributed by atoms with Crippen LogP contribution >= 0.6 is 0 Å². The predicted octanol–water partition coefficient (Wildman–Crippen LogP) is -2.93. The fourth-order valence-corrected chi connectivity index (χ4v) is 5.91. The first-order chi connectivity index (χ1) is 29.8. The lowest BCUT2D eigenvalue weighted by Crippen LogP contribution is -2.60. The van der Waals surface area contributed by atoms with Crippen LogP contribution in [0.1, 0.15) is 100 Å².